The van der Waals surface area contributed by atoms with E-state index in [1.54, 1.807) is 26.7 Å². The van der Waals surface area contributed by atoms with Crippen LogP contribution in [0.15, 0.2) is 36.8 Å². The molecule has 0 bridgehead atoms. The van der Waals surface area contributed by atoms with Crippen molar-refractivity contribution in [2.45, 2.75) is 6.54 Å². The van der Waals surface area contributed by atoms with Crippen LogP contribution in [0.2, 0.25) is 0 Å². The Hall–Kier alpha value is -2.76. The van der Waals surface area contributed by atoms with Crippen LogP contribution < -0.4 is 14.8 Å². The molecular formula is C16H18N4O2. The normalized spacial score (nSPS) is 10.7. The van der Waals surface area contributed by atoms with Gasteiger partial charge >= 0.3 is 0 Å². The molecule has 0 aliphatic heterocycles. The first kappa shape index (κ1) is 14.2. The highest BCUT2D eigenvalue weighted by atomic mass is 16.5. The number of hydrogen-bond acceptors (Lipinski definition) is 5. The molecule has 3 aromatic rings. The third-order valence-corrected chi connectivity index (χ3v) is 3.55. The van der Waals surface area contributed by atoms with Gasteiger partial charge in [-0.2, -0.15) is 0 Å². The van der Waals surface area contributed by atoms with Gasteiger partial charge in [0.1, 0.15) is 5.52 Å². The van der Waals surface area contributed by atoms with Crippen molar-refractivity contribution in [3.05, 3.63) is 42.4 Å². The number of benzene rings is 1. The van der Waals surface area contributed by atoms with Gasteiger partial charge in [0.2, 0.25) is 0 Å². The zero-order valence-electron chi connectivity index (χ0n) is 12.8. The van der Waals surface area contributed by atoms with Gasteiger partial charge in [-0.15, -0.1) is 0 Å². The smallest absolute Gasteiger partial charge is 0.161 e. The summed E-state index contributed by atoms with van der Waals surface area (Å²) in [7, 11) is 5.22. The number of ether oxygens (including phenoxy) is 2. The number of imidazole rings is 1. The number of rotatable bonds is 5. The van der Waals surface area contributed by atoms with Crippen molar-refractivity contribution in [1.29, 1.82) is 0 Å². The minimum atomic E-state index is 0.628. The molecule has 0 unspecified atom stereocenters. The maximum absolute atomic E-state index is 5.32. The standard InChI is InChI=1S/C16H18N4O2/c1-20-10-19-15-12(20)6-7-17-16(15)18-9-11-4-5-13(21-2)14(8-11)22-3/h4-8,10H,9H2,1-3H3,(H,17,18). The Kier molecular flexibility index (Phi) is 3.82. The molecule has 1 N–H and O–H groups in total. The van der Waals surface area contributed by atoms with Crippen LogP contribution in [-0.2, 0) is 13.6 Å². The van der Waals surface area contributed by atoms with E-state index >= 15 is 0 Å². The molecule has 0 atom stereocenters. The lowest BCUT2D eigenvalue weighted by molar-refractivity contribution is 0.354. The van der Waals surface area contributed by atoms with E-state index in [1.807, 2.05) is 35.9 Å². The summed E-state index contributed by atoms with van der Waals surface area (Å²) in [6.45, 7) is 0.628. The average Bonchev–Trinajstić information content (AvgIpc) is 2.94. The second kappa shape index (κ2) is 5.93. The van der Waals surface area contributed by atoms with Gasteiger partial charge in [0.25, 0.3) is 0 Å². The molecule has 0 radical (unpaired) electrons. The predicted molar refractivity (Wildman–Crippen MR) is 85.4 cm³/mol. The van der Waals surface area contributed by atoms with Crippen LogP contribution >= 0.6 is 0 Å². The lowest BCUT2D eigenvalue weighted by Crippen LogP contribution is -2.03. The highest BCUT2D eigenvalue weighted by molar-refractivity contribution is 5.85. The summed E-state index contributed by atoms with van der Waals surface area (Å²) in [5.41, 5.74) is 2.99. The van der Waals surface area contributed by atoms with Crippen LogP contribution in [0.5, 0.6) is 11.5 Å². The molecule has 0 aliphatic carbocycles. The van der Waals surface area contributed by atoms with Crippen LogP contribution in [0, 0.1) is 0 Å². The third kappa shape index (κ3) is 2.55. The first-order valence-corrected chi connectivity index (χ1v) is 6.93. The summed E-state index contributed by atoms with van der Waals surface area (Å²) in [5, 5.41) is 3.32. The van der Waals surface area contributed by atoms with E-state index in [0.717, 1.165) is 28.2 Å². The lowest BCUT2D eigenvalue weighted by Gasteiger charge is -2.11. The summed E-state index contributed by atoms with van der Waals surface area (Å²) in [5.74, 6) is 2.20. The Balaban J connectivity index is 1.82. The Morgan fingerprint density at radius 2 is 1.91 bits per heavy atom. The van der Waals surface area contributed by atoms with E-state index in [4.69, 9.17) is 9.47 Å². The van der Waals surface area contributed by atoms with Gasteiger partial charge < -0.3 is 19.4 Å². The van der Waals surface area contributed by atoms with Crippen LogP contribution in [-0.4, -0.2) is 28.8 Å². The lowest BCUT2D eigenvalue weighted by atomic mass is 10.2. The Morgan fingerprint density at radius 1 is 1.09 bits per heavy atom. The van der Waals surface area contributed by atoms with E-state index in [2.05, 4.69) is 15.3 Å². The quantitative estimate of drug-likeness (QED) is 0.784. The zero-order chi connectivity index (χ0) is 15.5. The maximum Gasteiger partial charge on any atom is 0.161 e. The maximum atomic E-state index is 5.32. The molecule has 0 spiro atoms. The monoisotopic (exact) mass is 298 g/mol. The SMILES string of the molecule is COc1ccc(CNc2nccc3c2ncn3C)cc1OC. The fourth-order valence-corrected chi connectivity index (χ4v) is 2.37. The molecule has 0 saturated heterocycles. The van der Waals surface area contributed by atoms with Crippen molar-refractivity contribution in [2.24, 2.45) is 7.05 Å². The van der Waals surface area contributed by atoms with Gasteiger partial charge in [-0.3, -0.25) is 0 Å². The molecule has 0 fully saturated rings. The molecule has 114 valence electrons. The van der Waals surface area contributed by atoms with Crippen molar-refractivity contribution >= 4 is 16.9 Å². The van der Waals surface area contributed by atoms with Gasteiger partial charge in [-0.25, -0.2) is 9.97 Å². The Labute approximate surface area is 128 Å². The summed E-state index contributed by atoms with van der Waals surface area (Å²) in [6, 6.07) is 7.78. The van der Waals surface area contributed by atoms with E-state index in [0.29, 0.717) is 12.3 Å². The van der Waals surface area contributed by atoms with Crippen LogP contribution in [0.3, 0.4) is 0 Å². The molecule has 2 aromatic heterocycles. The van der Waals surface area contributed by atoms with E-state index < -0.39 is 0 Å². The van der Waals surface area contributed by atoms with Gasteiger partial charge in [0, 0.05) is 19.8 Å². The minimum Gasteiger partial charge on any atom is -0.493 e. The Bertz CT molecular complexity index is 798. The summed E-state index contributed by atoms with van der Waals surface area (Å²) < 4.78 is 12.5. The number of nitrogens with zero attached hydrogens (tertiary/aromatic N) is 3. The van der Waals surface area contributed by atoms with Crippen molar-refractivity contribution in [2.75, 3.05) is 19.5 Å². The molecule has 1 aromatic carbocycles. The first-order valence-electron chi connectivity index (χ1n) is 6.93. The number of pyridine rings is 1. The number of aryl methyl sites for hydroxylation is 1. The average molecular weight is 298 g/mol. The van der Waals surface area contributed by atoms with E-state index in [1.165, 1.54) is 0 Å². The summed E-state index contributed by atoms with van der Waals surface area (Å²) in [4.78, 5) is 8.75. The van der Waals surface area contributed by atoms with Crippen LogP contribution in [0.25, 0.3) is 11.0 Å². The fourth-order valence-electron chi connectivity index (χ4n) is 2.37. The van der Waals surface area contributed by atoms with Crippen LogP contribution in [0.1, 0.15) is 5.56 Å². The number of methoxy groups -OCH3 is 2. The number of hydrogen-bond donors (Lipinski definition) is 1. The summed E-state index contributed by atoms with van der Waals surface area (Å²) >= 11 is 0. The number of fused-ring (bicyclic) bond motifs is 1. The first-order chi connectivity index (χ1) is 10.7. The van der Waals surface area contributed by atoms with Gasteiger partial charge in [-0.05, 0) is 23.8 Å². The molecule has 2 heterocycles. The number of nitrogens with one attached hydrogen (secondary N) is 1. The number of anilines is 1. The van der Waals surface area contributed by atoms with Crippen molar-refractivity contribution < 1.29 is 9.47 Å². The van der Waals surface area contributed by atoms with Gasteiger partial charge in [0.05, 0.1) is 26.1 Å². The van der Waals surface area contributed by atoms with Gasteiger partial charge in [0.15, 0.2) is 17.3 Å². The fraction of sp³-hybridized carbons (Fsp3) is 0.250. The molecule has 0 aliphatic rings. The molecule has 0 saturated carbocycles. The molecular weight excluding hydrogens is 280 g/mol. The van der Waals surface area contributed by atoms with Crippen molar-refractivity contribution in [1.82, 2.24) is 14.5 Å². The molecule has 0 amide bonds. The predicted octanol–water partition coefficient (Wildman–Crippen LogP) is 2.60. The molecule has 22 heavy (non-hydrogen) atoms. The largest absolute Gasteiger partial charge is 0.493 e. The molecule has 3 rings (SSSR count). The molecule has 6 heteroatoms. The minimum absolute atomic E-state index is 0.628. The van der Waals surface area contributed by atoms with E-state index in [9.17, 15) is 0 Å². The second-order valence-corrected chi connectivity index (χ2v) is 4.93. The third-order valence-electron chi connectivity index (χ3n) is 3.55. The topological polar surface area (TPSA) is 61.2 Å². The van der Waals surface area contributed by atoms with Gasteiger partial charge in [-0.1, -0.05) is 6.07 Å². The summed E-state index contributed by atoms with van der Waals surface area (Å²) in [6.07, 6.45) is 3.56. The van der Waals surface area contributed by atoms with Crippen LogP contribution in [0.4, 0.5) is 5.82 Å². The highest BCUT2D eigenvalue weighted by Crippen LogP contribution is 2.28. The highest BCUT2D eigenvalue weighted by Gasteiger charge is 2.08. The Morgan fingerprint density at radius 3 is 2.68 bits per heavy atom. The zero-order valence-corrected chi connectivity index (χ0v) is 12.8. The van der Waals surface area contributed by atoms with E-state index in [-0.39, 0.29) is 0 Å². The molecule has 6 nitrogen and oxygen atoms in total. The number of aromatic nitrogens is 3. The second-order valence-electron chi connectivity index (χ2n) is 4.93. The van der Waals surface area contributed by atoms with Crippen molar-refractivity contribution in [3.8, 4) is 11.5 Å². The van der Waals surface area contributed by atoms with Crippen molar-refractivity contribution in [3.63, 3.8) is 0 Å².